The van der Waals surface area contributed by atoms with Crippen molar-refractivity contribution in [3.05, 3.63) is 88.8 Å². The summed E-state index contributed by atoms with van der Waals surface area (Å²) in [4.78, 5) is 18.3. The Morgan fingerprint density at radius 2 is 1.63 bits per heavy atom. The zero-order valence-corrected chi connectivity index (χ0v) is 17.9. The molecule has 1 aliphatic heterocycles. The van der Waals surface area contributed by atoms with E-state index in [1.165, 1.54) is 10.5 Å². The normalized spacial score (nSPS) is 15.3. The fourth-order valence-corrected chi connectivity index (χ4v) is 4.16. The zero-order valence-electron chi connectivity index (χ0n) is 17.2. The van der Waals surface area contributed by atoms with E-state index in [1.807, 2.05) is 41.3 Å². The number of benzene rings is 2. The number of nitrogens with one attached hydrogen (secondary N) is 1. The minimum Gasteiger partial charge on any atom is -0.450 e. The number of amides is 1. The fourth-order valence-electron chi connectivity index (χ4n) is 3.91. The van der Waals surface area contributed by atoms with E-state index < -0.39 is 0 Å². The van der Waals surface area contributed by atoms with Crippen molar-refractivity contribution in [3.63, 3.8) is 0 Å². The Kier molecular flexibility index (Phi) is 6.41. The van der Waals surface area contributed by atoms with E-state index in [-0.39, 0.29) is 5.91 Å². The molecule has 0 radical (unpaired) electrons. The zero-order chi connectivity index (χ0) is 20.9. The number of furan rings is 1. The van der Waals surface area contributed by atoms with Crippen LogP contribution in [-0.4, -0.2) is 44.0 Å². The average Bonchev–Trinajstić information content (AvgIpc) is 3.23. The molecule has 0 bridgehead atoms. The van der Waals surface area contributed by atoms with Gasteiger partial charge in [-0.05, 0) is 24.3 Å². The number of anilines is 1. The summed E-state index contributed by atoms with van der Waals surface area (Å²) in [6.07, 6.45) is 0. The summed E-state index contributed by atoms with van der Waals surface area (Å²) < 4.78 is 5.89. The molecule has 6 heteroatoms. The molecule has 1 aliphatic rings. The third kappa shape index (κ3) is 4.86. The second-order valence-corrected chi connectivity index (χ2v) is 8.20. The monoisotopic (exact) mass is 424 g/mol. The van der Waals surface area contributed by atoms with E-state index in [0.717, 1.165) is 42.6 Å². The van der Waals surface area contributed by atoms with E-state index in [2.05, 4.69) is 36.2 Å². The molecule has 1 saturated heterocycles. The van der Waals surface area contributed by atoms with Gasteiger partial charge >= 0.3 is 0 Å². The van der Waals surface area contributed by atoms with Gasteiger partial charge in [0.25, 0.3) is 5.91 Å². The number of rotatable bonds is 6. The number of nitrogens with zero attached hydrogens (tertiary/aromatic N) is 2. The van der Waals surface area contributed by atoms with Crippen LogP contribution in [0.5, 0.6) is 0 Å². The van der Waals surface area contributed by atoms with Crippen molar-refractivity contribution in [3.8, 4) is 0 Å². The van der Waals surface area contributed by atoms with Crippen molar-refractivity contribution >= 4 is 23.2 Å². The highest BCUT2D eigenvalue weighted by Gasteiger charge is 2.25. The van der Waals surface area contributed by atoms with Crippen molar-refractivity contribution < 1.29 is 14.1 Å². The van der Waals surface area contributed by atoms with Crippen LogP contribution < -0.4 is 9.80 Å². The van der Waals surface area contributed by atoms with Gasteiger partial charge in [-0.2, -0.15) is 0 Å². The predicted molar refractivity (Wildman–Crippen MR) is 119 cm³/mol. The second-order valence-electron chi connectivity index (χ2n) is 7.79. The molecular weight excluding hydrogens is 398 g/mol. The molecule has 1 fully saturated rings. The van der Waals surface area contributed by atoms with Gasteiger partial charge in [-0.1, -0.05) is 54.1 Å². The predicted octanol–water partition coefficient (Wildman–Crippen LogP) is 3.11. The van der Waals surface area contributed by atoms with E-state index in [4.69, 9.17) is 16.0 Å². The van der Waals surface area contributed by atoms with Crippen LogP contribution in [0.15, 0.2) is 71.1 Å². The third-order valence-electron chi connectivity index (χ3n) is 5.46. The quantitative estimate of drug-likeness (QED) is 0.661. The Morgan fingerprint density at radius 3 is 2.37 bits per heavy atom. The lowest BCUT2D eigenvalue weighted by atomic mass is 10.2. The average molecular weight is 425 g/mol. The number of para-hydroxylation sites is 1. The molecule has 0 saturated carbocycles. The Hall–Kier alpha value is -2.76. The van der Waals surface area contributed by atoms with Crippen LogP contribution in [0.3, 0.4) is 0 Å². The van der Waals surface area contributed by atoms with Gasteiger partial charge in [-0.25, -0.2) is 0 Å². The van der Waals surface area contributed by atoms with Crippen molar-refractivity contribution in [2.24, 2.45) is 0 Å². The highest BCUT2D eigenvalue weighted by Crippen LogP contribution is 2.26. The molecular formula is C24H27ClN3O2+. The van der Waals surface area contributed by atoms with Crippen LogP contribution in [0.1, 0.15) is 21.9 Å². The molecule has 2 heterocycles. The van der Waals surface area contributed by atoms with Crippen molar-refractivity contribution in [1.82, 2.24) is 4.90 Å². The maximum absolute atomic E-state index is 12.9. The fraction of sp³-hybridized carbons (Fsp3) is 0.292. The molecule has 156 valence electrons. The molecule has 1 N–H and O–H groups in total. The SMILES string of the molecule is C[NH+](Cc1ccccc1)Cc1ccc(C(=O)N2CCN(c3ccccc3Cl)CC2)o1. The minimum atomic E-state index is -0.0410. The van der Waals surface area contributed by atoms with Crippen LogP contribution >= 0.6 is 11.6 Å². The summed E-state index contributed by atoms with van der Waals surface area (Å²) in [6.45, 7) is 4.47. The van der Waals surface area contributed by atoms with Gasteiger partial charge in [0.05, 0.1) is 17.8 Å². The van der Waals surface area contributed by atoms with E-state index in [1.54, 1.807) is 6.07 Å². The van der Waals surface area contributed by atoms with Gasteiger partial charge in [-0.15, -0.1) is 0 Å². The first-order chi connectivity index (χ1) is 14.6. The van der Waals surface area contributed by atoms with E-state index >= 15 is 0 Å². The number of halogens is 1. The summed E-state index contributed by atoms with van der Waals surface area (Å²) in [5.41, 5.74) is 2.31. The molecule has 5 nitrogen and oxygen atoms in total. The molecule has 0 aliphatic carbocycles. The topological polar surface area (TPSA) is 41.1 Å². The summed E-state index contributed by atoms with van der Waals surface area (Å²) in [6, 6.07) is 21.9. The van der Waals surface area contributed by atoms with Crippen molar-refractivity contribution in [2.75, 3.05) is 38.1 Å². The Balaban J connectivity index is 1.31. The highest BCUT2D eigenvalue weighted by molar-refractivity contribution is 6.33. The molecule has 30 heavy (non-hydrogen) atoms. The van der Waals surface area contributed by atoms with Gasteiger partial charge in [0.15, 0.2) is 11.5 Å². The molecule has 0 spiro atoms. The number of hydrogen-bond donors (Lipinski definition) is 1. The lowest BCUT2D eigenvalue weighted by Crippen LogP contribution is -3.06. The molecule has 2 aromatic carbocycles. The van der Waals surface area contributed by atoms with Crippen molar-refractivity contribution in [1.29, 1.82) is 0 Å². The van der Waals surface area contributed by atoms with Crippen LogP contribution in [0, 0.1) is 0 Å². The third-order valence-corrected chi connectivity index (χ3v) is 5.78. The number of hydrogen-bond acceptors (Lipinski definition) is 3. The molecule has 1 amide bonds. The van der Waals surface area contributed by atoms with Gasteiger partial charge in [0, 0.05) is 31.7 Å². The maximum Gasteiger partial charge on any atom is 0.289 e. The first kappa shape index (κ1) is 20.5. The van der Waals surface area contributed by atoms with Crippen LogP contribution in [-0.2, 0) is 13.1 Å². The van der Waals surface area contributed by atoms with E-state index in [0.29, 0.717) is 18.8 Å². The summed E-state index contributed by atoms with van der Waals surface area (Å²) in [7, 11) is 2.13. The summed E-state index contributed by atoms with van der Waals surface area (Å²) in [5, 5.41) is 0.745. The van der Waals surface area contributed by atoms with Crippen molar-refractivity contribution in [2.45, 2.75) is 13.1 Å². The molecule has 3 aromatic rings. The van der Waals surface area contributed by atoms with Gasteiger partial charge in [0.2, 0.25) is 0 Å². The summed E-state index contributed by atoms with van der Waals surface area (Å²) in [5.74, 6) is 1.21. The van der Waals surface area contributed by atoms with Crippen LogP contribution in [0.2, 0.25) is 5.02 Å². The number of quaternary nitrogens is 1. The first-order valence-corrected chi connectivity index (χ1v) is 10.7. The maximum atomic E-state index is 12.9. The lowest BCUT2D eigenvalue weighted by Gasteiger charge is -2.36. The highest BCUT2D eigenvalue weighted by atomic mass is 35.5. The minimum absolute atomic E-state index is 0.0410. The number of carbonyl (C=O) groups is 1. The first-order valence-electron chi connectivity index (χ1n) is 10.3. The standard InChI is InChI=1S/C24H26ClN3O2/c1-26(17-19-7-3-2-4-8-19)18-20-11-12-23(30-20)24(29)28-15-13-27(14-16-28)22-10-6-5-9-21(22)25/h2-12H,13-18H2,1H3/p+1. The van der Waals surface area contributed by atoms with Crippen LogP contribution in [0.25, 0.3) is 0 Å². The summed E-state index contributed by atoms with van der Waals surface area (Å²) >= 11 is 6.31. The second kappa shape index (κ2) is 9.37. The number of carbonyl (C=O) groups excluding carboxylic acids is 1. The Bertz CT molecular complexity index is 981. The largest absolute Gasteiger partial charge is 0.450 e. The van der Waals surface area contributed by atoms with Crippen LogP contribution in [0.4, 0.5) is 5.69 Å². The molecule has 1 aromatic heterocycles. The van der Waals surface area contributed by atoms with Gasteiger partial charge < -0.3 is 19.1 Å². The molecule has 4 rings (SSSR count). The smallest absolute Gasteiger partial charge is 0.289 e. The van der Waals surface area contributed by atoms with Gasteiger partial charge in [-0.3, -0.25) is 4.79 Å². The Labute approximate surface area is 182 Å². The molecule has 1 atom stereocenters. The number of piperazine rings is 1. The van der Waals surface area contributed by atoms with E-state index in [9.17, 15) is 4.79 Å². The van der Waals surface area contributed by atoms with Gasteiger partial charge in [0.1, 0.15) is 13.1 Å². The Morgan fingerprint density at radius 1 is 0.933 bits per heavy atom. The lowest BCUT2D eigenvalue weighted by molar-refractivity contribution is -0.908. The molecule has 1 unspecified atom stereocenters.